The van der Waals surface area contributed by atoms with E-state index in [0.29, 0.717) is 13.1 Å². The van der Waals surface area contributed by atoms with E-state index in [-0.39, 0.29) is 17.2 Å². The molecule has 0 saturated heterocycles. The van der Waals surface area contributed by atoms with E-state index in [9.17, 15) is 24.5 Å². The molecule has 1 heterocycles. The Morgan fingerprint density at radius 2 is 1.90 bits per heavy atom. The fourth-order valence-corrected chi connectivity index (χ4v) is 3.16. The number of nitrogens with zero attached hydrogens (tertiary/aromatic N) is 2. The van der Waals surface area contributed by atoms with Gasteiger partial charge in [0.2, 0.25) is 0 Å². The maximum Gasteiger partial charge on any atom is 0.328 e. The average molecular weight is 411 g/mol. The van der Waals surface area contributed by atoms with Crippen LogP contribution in [0.15, 0.2) is 48.5 Å². The minimum atomic E-state index is -1.02. The van der Waals surface area contributed by atoms with Crippen LogP contribution >= 0.6 is 0 Å². The highest BCUT2D eigenvalue weighted by atomic mass is 16.6. The number of amides is 2. The van der Waals surface area contributed by atoms with Crippen molar-refractivity contribution in [2.24, 2.45) is 0 Å². The van der Waals surface area contributed by atoms with Crippen LogP contribution in [0.5, 0.6) is 0 Å². The Hall–Kier alpha value is -3.75. The number of esters is 1. The molecule has 0 aromatic heterocycles. The van der Waals surface area contributed by atoms with E-state index in [1.807, 2.05) is 24.3 Å². The van der Waals surface area contributed by atoms with Crippen molar-refractivity contribution in [3.63, 3.8) is 0 Å². The third kappa shape index (κ3) is 4.99. The minimum Gasteiger partial charge on any atom is -0.454 e. The number of non-ortho nitro benzene ring substituents is 1. The van der Waals surface area contributed by atoms with Gasteiger partial charge in [-0.1, -0.05) is 30.3 Å². The van der Waals surface area contributed by atoms with Crippen LogP contribution in [0.25, 0.3) is 0 Å². The molecular weight excluding hydrogens is 390 g/mol. The summed E-state index contributed by atoms with van der Waals surface area (Å²) in [6.45, 7) is 2.01. The zero-order valence-electron chi connectivity index (χ0n) is 16.4. The van der Waals surface area contributed by atoms with Gasteiger partial charge in [0.05, 0.1) is 4.92 Å². The van der Waals surface area contributed by atoms with E-state index in [1.165, 1.54) is 30.7 Å². The normalized spacial score (nSPS) is 13.7. The smallest absolute Gasteiger partial charge is 0.328 e. The third-order valence-corrected chi connectivity index (χ3v) is 4.84. The molecule has 0 aliphatic carbocycles. The highest BCUT2D eigenvalue weighted by Gasteiger charge is 2.24. The molecule has 0 saturated carbocycles. The lowest BCUT2D eigenvalue weighted by atomic mass is 10.00. The number of nitro groups is 1. The number of hydrogen-bond acceptors (Lipinski definition) is 6. The second-order valence-electron chi connectivity index (χ2n) is 6.94. The number of rotatable bonds is 6. The molecule has 0 unspecified atom stereocenters. The zero-order chi connectivity index (χ0) is 21.7. The molecule has 0 radical (unpaired) electrons. The fourth-order valence-electron chi connectivity index (χ4n) is 3.16. The first-order chi connectivity index (χ1) is 14.3. The van der Waals surface area contributed by atoms with Crippen molar-refractivity contribution >= 4 is 23.5 Å². The van der Waals surface area contributed by atoms with Gasteiger partial charge in [0.25, 0.3) is 17.5 Å². The molecule has 0 spiro atoms. The van der Waals surface area contributed by atoms with Crippen molar-refractivity contribution in [2.45, 2.75) is 25.9 Å². The molecule has 30 heavy (non-hydrogen) atoms. The van der Waals surface area contributed by atoms with Crippen molar-refractivity contribution in [1.82, 2.24) is 10.2 Å². The molecule has 2 amide bonds. The first-order valence-electron chi connectivity index (χ1n) is 9.41. The van der Waals surface area contributed by atoms with Crippen LogP contribution in [-0.2, 0) is 27.3 Å². The molecular formula is C21H21N3O6. The third-order valence-electron chi connectivity index (χ3n) is 4.84. The SMILES string of the molecule is C[C@H](NC(=O)c1cccc([N+](=O)[O-])c1)C(=O)OCC(=O)N1CCc2ccccc2C1. The molecule has 3 rings (SSSR count). The van der Waals surface area contributed by atoms with Gasteiger partial charge < -0.3 is 15.0 Å². The van der Waals surface area contributed by atoms with Crippen molar-refractivity contribution in [3.05, 3.63) is 75.3 Å². The maximum atomic E-state index is 12.4. The van der Waals surface area contributed by atoms with E-state index >= 15 is 0 Å². The molecule has 1 N–H and O–H groups in total. The summed E-state index contributed by atoms with van der Waals surface area (Å²) in [5.41, 5.74) is 2.09. The molecule has 156 valence electrons. The van der Waals surface area contributed by atoms with Crippen molar-refractivity contribution < 1.29 is 24.0 Å². The van der Waals surface area contributed by atoms with Crippen LogP contribution in [0.1, 0.15) is 28.4 Å². The highest BCUT2D eigenvalue weighted by Crippen LogP contribution is 2.18. The molecule has 1 aliphatic heterocycles. The second kappa shape index (κ2) is 9.17. The molecule has 1 atom stereocenters. The largest absolute Gasteiger partial charge is 0.454 e. The van der Waals surface area contributed by atoms with Crippen LogP contribution in [0.2, 0.25) is 0 Å². The van der Waals surface area contributed by atoms with E-state index in [2.05, 4.69) is 5.32 Å². The van der Waals surface area contributed by atoms with E-state index in [0.717, 1.165) is 18.1 Å². The summed E-state index contributed by atoms with van der Waals surface area (Å²) < 4.78 is 5.05. The van der Waals surface area contributed by atoms with E-state index in [4.69, 9.17) is 4.74 Å². The van der Waals surface area contributed by atoms with Crippen molar-refractivity contribution in [1.29, 1.82) is 0 Å². The van der Waals surface area contributed by atoms with Gasteiger partial charge in [0.15, 0.2) is 6.61 Å². The fraction of sp³-hybridized carbons (Fsp3) is 0.286. The standard InChI is InChI=1S/C21H21N3O6/c1-14(22-20(26)16-7-4-8-18(11-16)24(28)29)21(27)30-13-19(25)23-10-9-15-5-2-3-6-17(15)12-23/h2-8,11,14H,9-10,12-13H2,1H3,(H,22,26)/t14-/m0/s1. The Morgan fingerprint density at radius 3 is 2.63 bits per heavy atom. The van der Waals surface area contributed by atoms with Crippen LogP contribution in [0, 0.1) is 10.1 Å². The van der Waals surface area contributed by atoms with Gasteiger partial charge in [-0.15, -0.1) is 0 Å². The molecule has 0 bridgehead atoms. The van der Waals surface area contributed by atoms with Gasteiger partial charge in [-0.2, -0.15) is 0 Å². The molecule has 9 heteroatoms. The van der Waals surface area contributed by atoms with Crippen LogP contribution in [0.4, 0.5) is 5.69 Å². The van der Waals surface area contributed by atoms with Crippen molar-refractivity contribution in [2.75, 3.05) is 13.2 Å². The lowest BCUT2D eigenvalue weighted by Gasteiger charge is -2.28. The summed E-state index contributed by atoms with van der Waals surface area (Å²) >= 11 is 0. The Bertz CT molecular complexity index is 990. The number of nitrogens with one attached hydrogen (secondary N) is 1. The lowest BCUT2D eigenvalue weighted by molar-refractivity contribution is -0.384. The Morgan fingerprint density at radius 1 is 1.17 bits per heavy atom. The van der Waals surface area contributed by atoms with Crippen LogP contribution in [0.3, 0.4) is 0 Å². The predicted octanol–water partition coefficient (Wildman–Crippen LogP) is 1.84. The van der Waals surface area contributed by atoms with Crippen LogP contribution < -0.4 is 5.32 Å². The number of carbonyl (C=O) groups excluding carboxylic acids is 3. The van der Waals surface area contributed by atoms with Gasteiger partial charge in [-0.3, -0.25) is 19.7 Å². The highest BCUT2D eigenvalue weighted by molar-refractivity contribution is 5.97. The Kier molecular flexibility index (Phi) is 6.41. The average Bonchev–Trinajstić information content (AvgIpc) is 2.76. The van der Waals surface area contributed by atoms with Gasteiger partial charge in [-0.25, -0.2) is 4.79 Å². The van der Waals surface area contributed by atoms with Gasteiger partial charge in [0.1, 0.15) is 6.04 Å². The van der Waals surface area contributed by atoms with Crippen molar-refractivity contribution in [3.8, 4) is 0 Å². The minimum absolute atomic E-state index is 0.0481. The maximum absolute atomic E-state index is 12.4. The number of ether oxygens (including phenoxy) is 1. The van der Waals surface area contributed by atoms with Gasteiger partial charge in [-0.05, 0) is 30.5 Å². The summed E-state index contributed by atoms with van der Waals surface area (Å²) in [5, 5.41) is 13.2. The molecule has 2 aromatic carbocycles. The monoisotopic (exact) mass is 411 g/mol. The summed E-state index contributed by atoms with van der Waals surface area (Å²) in [4.78, 5) is 48.6. The van der Waals surface area contributed by atoms with Crippen LogP contribution in [-0.4, -0.2) is 46.8 Å². The number of hydrogen-bond donors (Lipinski definition) is 1. The topological polar surface area (TPSA) is 119 Å². The lowest BCUT2D eigenvalue weighted by Crippen LogP contribution is -2.42. The number of carbonyl (C=O) groups is 3. The second-order valence-corrected chi connectivity index (χ2v) is 6.94. The summed E-state index contributed by atoms with van der Waals surface area (Å²) in [6.07, 6.45) is 0.742. The molecule has 1 aliphatic rings. The van der Waals surface area contributed by atoms with Gasteiger partial charge in [0, 0.05) is 30.8 Å². The first kappa shape index (κ1) is 21.0. The number of benzene rings is 2. The summed E-state index contributed by atoms with van der Waals surface area (Å²) in [7, 11) is 0. The van der Waals surface area contributed by atoms with E-state index in [1.54, 1.807) is 4.90 Å². The molecule has 0 fully saturated rings. The molecule has 9 nitrogen and oxygen atoms in total. The number of fused-ring (bicyclic) bond motifs is 1. The van der Waals surface area contributed by atoms with E-state index < -0.39 is 29.4 Å². The Balaban J connectivity index is 1.50. The molecule has 2 aromatic rings. The first-order valence-corrected chi connectivity index (χ1v) is 9.41. The quantitative estimate of drug-likeness (QED) is 0.440. The Labute approximate surface area is 172 Å². The van der Waals surface area contributed by atoms with Gasteiger partial charge >= 0.3 is 5.97 Å². The predicted molar refractivity (Wildman–Crippen MR) is 107 cm³/mol. The summed E-state index contributed by atoms with van der Waals surface area (Å²) in [5.74, 6) is -1.73. The summed E-state index contributed by atoms with van der Waals surface area (Å²) in [6, 6.07) is 12.0. The number of nitro benzene ring substituents is 1. The zero-order valence-corrected chi connectivity index (χ0v) is 16.4.